The molecule has 0 bridgehead atoms. The van der Waals surface area contributed by atoms with E-state index in [1.54, 1.807) is 0 Å². The first-order valence-electron chi connectivity index (χ1n) is 6.48. The highest BCUT2D eigenvalue weighted by molar-refractivity contribution is 5.24. The molecule has 0 aliphatic heterocycles. The summed E-state index contributed by atoms with van der Waals surface area (Å²) in [4.78, 5) is 0. The summed E-state index contributed by atoms with van der Waals surface area (Å²) in [6, 6.07) is 8.40. The standard InChI is InChI=1S/C13H16O.C4H10/c1-11-4-6-12(7-5-11)10-13(2,3)8-9-14;1-4(2)3/h4-7,14H,10H2,1-3H3;4H,1-3H3. The fourth-order valence-electron chi connectivity index (χ4n) is 1.41. The Bertz CT molecular complexity index is 385. The fourth-order valence-corrected chi connectivity index (χ4v) is 1.41. The van der Waals surface area contributed by atoms with Gasteiger partial charge in [0.1, 0.15) is 6.11 Å². The number of benzene rings is 1. The number of aliphatic hydroxyl groups is 1. The van der Waals surface area contributed by atoms with Crippen molar-refractivity contribution in [2.75, 3.05) is 0 Å². The molecular weight excluding hydrogens is 220 g/mol. The van der Waals surface area contributed by atoms with Gasteiger partial charge >= 0.3 is 0 Å². The van der Waals surface area contributed by atoms with E-state index < -0.39 is 0 Å². The molecule has 0 saturated carbocycles. The maximum absolute atomic E-state index is 8.56. The zero-order valence-corrected chi connectivity index (χ0v) is 12.5. The van der Waals surface area contributed by atoms with Gasteiger partial charge in [0, 0.05) is 5.41 Å². The maximum Gasteiger partial charge on any atom is 0.108 e. The van der Waals surface area contributed by atoms with Gasteiger partial charge in [0.05, 0.1) is 0 Å². The van der Waals surface area contributed by atoms with E-state index in [4.69, 9.17) is 5.11 Å². The van der Waals surface area contributed by atoms with Crippen molar-refractivity contribution in [1.82, 2.24) is 0 Å². The lowest BCUT2D eigenvalue weighted by Crippen LogP contribution is -2.12. The van der Waals surface area contributed by atoms with E-state index in [2.05, 4.69) is 57.9 Å². The van der Waals surface area contributed by atoms with Crippen molar-refractivity contribution < 1.29 is 5.11 Å². The first-order valence-corrected chi connectivity index (χ1v) is 6.48. The monoisotopic (exact) mass is 246 g/mol. The van der Waals surface area contributed by atoms with E-state index in [9.17, 15) is 0 Å². The molecule has 0 spiro atoms. The van der Waals surface area contributed by atoms with Crippen molar-refractivity contribution in [2.24, 2.45) is 11.3 Å². The Balaban J connectivity index is 0.000000631. The number of rotatable bonds is 2. The summed E-state index contributed by atoms with van der Waals surface area (Å²) in [7, 11) is 0. The molecule has 1 aromatic rings. The molecule has 18 heavy (non-hydrogen) atoms. The van der Waals surface area contributed by atoms with Gasteiger partial charge in [-0.1, -0.05) is 56.5 Å². The third-order valence-electron chi connectivity index (χ3n) is 2.16. The molecule has 1 N–H and O–H groups in total. The molecule has 0 aromatic heterocycles. The molecule has 0 amide bonds. The molecule has 1 heteroatoms. The molecule has 1 rings (SSSR count). The first-order chi connectivity index (χ1) is 8.26. The van der Waals surface area contributed by atoms with E-state index in [1.165, 1.54) is 11.1 Å². The van der Waals surface area contributed by atoms with Gasteiger partial charge in [-0.25, -0.2) is 0 Å². The summed E-state index contributed by atoms with van der Waals surface area (Å²) in [5.41, 5.74) is 2.35. The SMILES string of the molecule is CC(C)C.Cc1ccc(CC(C)(C)C#CO)cc1. The average Bonchev–Trinajstić information content (AvgIpc) is 2.20. The van der Waals surface area contributed by atoms with Gasteiger partial charge < -0.3 is 5.11 Å². The quantitative estimate of drug-likeness (QED) is 0.758. The lowest BCUT2D eigenvalue weighted by Gasteiger charge is -2.16. The number of hydrogen-bond acceptors (Lipinski definition) is 1. The van der Waals surface area contributed by atoms with Gasteiger partial charge in [0.15, 0.2) is 0 Å². The molecule has 0 fully saturated rings. The molecule has 0 radical (unpaired) electrons. The van der Waals surface area contributed by atoms with Crippen LogP contribution >= 0.6 is 0 Å². The minimum atomic E-state index is -0.163. The number of aryl methyl sites for hydroxylation is 1. The molecule has 0 saturated heterocycles. The molecule has 0 atom stereocenters. The summed E-state index contributed by atoms with van der Waals surface area (Å²) in [6.07, 6.45) is 2.85. The number of aliphatic hydroxyl groups excluding tert-OH is 1. The second-order valence-electron chi connectivity index (χ2n) is 6.02. The van der Waals surface area contributed by atoms with E-state index in [-0.39, 0.29) is 5.41 Å². The van der Waals surface area contributed by atoms with Crippen LogP contribution in [-0.4, -0.2) is 5.11 Å². The van der Waals surface area contributed by atoms with Crippen molar-refractivity contribution in [2.45, 2.75) is 48.0 Å². The fraction of sp³-hybridized carbons (Fsp3) is 0.529. The Morgan fingerprint density at radius 3 is 1.94 bits per heavy atom. The van der Waals surface area contributed by atoms with Crippen LogP contribution in [0.5, 0.6) is 0 Å². The Hall–Kier alpha value is -1.42. The van der Waals surface area contributed by atoms with Crippen LogP contribution in [0.25, 0.3) is 0 Å². The van der Waals surface area contributed by atoms with Crippen LogP contribution in [-0.2, 0) is 6.42 Å². The van der Waals surface area contributed by atoms with Crippen LogP contribution in [0.15, 0.2) is 24.3 Å². The van der Waals surface area contributed by atoms with Gasteiger partial charge in [0.25, 0.3) is 0 Å². The highest BCUT2D eigenvalue weighted by atomic mass is 16.2. The summed E-state index contributed by atoms with van der Waals surface area (Å²) in [5.74, 6) is 3.62. The molecule has 100 valence electrons. The molecule has 0 aliphatic rings. The molecule has 1 nitrogen and oxygen atoms in total. The van der Waals surface area contributed by atoms with Crippen LogP contribution in [0.3, 0.4) is 0 Å². The zero-order chi connectivity index (χ0) is 14.2. The van der Waals surface area contributed by atoms with Crippen LogP contribution in [0.1, 0.15) is 45.7 Å². The highest BCUT2D eigenvalue weighted by Crippen LogP contribution is 2.20. The summed E-state index contributed by atoms with van der Waals surface area (Å²) >= 11 is 0. The Morgan fingerprint density at radius 1 is 1.11 bits per heavy atom. The molecule has 0 aliphatic carbocycles. The van der Waals surface area contributed by atoms with Crippen molar-refractivity contribution in [3.8, 4) is 12.0 Å². The lowest BCUT2D eigenvalue weighted by atomic mass is 9.86. The van der Waals surface area contributed by atoms with Crippen LogP contribution < -0.4 is 0 Å². The minimum absolute atomic E-state index is 0.163. The zero-order valence-electron chi connectivity index (χ0n) is 12.5. The van der Waals surface area contributed by atoms with Crippen LogP contribution in [0.4, 0.5) is 0 Å². The predicted octanol–water partition coefficient (Wildman–Crippen LogP) is 4.56. The first kappa shape index (κ1) is 16.6. The van der Waals surface area contributed by atoms with Crippen molar-refractivity contribution in [1.29, 1.82) is 0 Å². The molecule has 0 unspecified atom stereocenters. The highest BCUT2D eigenvalue weighted by Gasteiger charge is 2.15. The van der Waals surface area contributed by atoms with E-state index in [1.807, 2.05) is 20.0 Å². The van der Waals surface area contributed by atoms with Crippen molar-refractivity contribution in [3.63, 3.8) is 0 Å². The normalized spacial score (nSPS) is 10.2. The summed E-state index contributed by atoms with van der Waals surface area (Å²) in [6.45, 7) is 12.6. The molecule has 0 heterocycles. The van der Waals surface area contributed by atoms with Crippen molar-refractivity contribution in [3.05, 3.63) is 35.4 Å². The van der Waals surface area contributed by atoms with E-state index >= 15 is 0 Å². The smallest absolute Gasteiger partial charge is 0.108 e. The van der Waals surface area contributed by atoms with Crippen LogP contribution in [0.2, 0.25) is 0 Å². The topological polar surface area (TPSA) is 20.2 Å². The second kappa shape index (κ2) is 7.82. The maximum atomic E-state index is 8.56. The summed E-state index contributed by atoms with van der Waals surface area (Å²) in [5, 5.41) is 8.56. The van der Waals surface area contributed by atoms with E-state index in [0.29, 0.717) is 0 Å². The Morgan fingerprint density at radius 2 is 1.56 bits per heavy atom. The minimum Gasteiger partial charge on any atom is -0.462 e. The third-order valence-corrected chi connectivity index (χ3v) is 2.16. The third kappa shape index (κ3) is 8.70. The van der Waals surface area contributed by atoms with Gasteiger partial charge in [-0.3, -0.25) is 0 Å². The Kier molecular flexibility index (Phi) is 7.20. The van der Waals surface area contributed by atoms with Gasteiger partial charge in [-0.05, 0) is 38.7 Å². The van der Waals surface area contributed by atoms with E-state index in [0.717, 1.165) is 12.3 Å². The van der Waals surface area contributed by atoms with Crippen molar-refractivity contribution >= 4 is 0 Å². The molecule has 1 aromatic carbocycles. The largest absolute Gasteiger partial charge is 0.462 e. The van der Waals surface area contributed by atoms with Gasteiger partial charge in [-0.15, -0.1) is 0 Å². The van der Waals surface area contributed by atoms with Gasteiger partial charge in [-0.2, -0.15) is 0 Å². The second-order valence-corrected chi connectivity index (χ2v) is 6.02. The Labute approximate surface area is 112 Å². The predicted molar refractivity (Wildman–Crippen MR) is 78.9 cm³/mol. The van der Waals surface area contributed by atoms with Gasteiger partial charge in [0.2, 0.25) is 0 Å². The number of hydrogen-bond donors (Lipinski definition) is 1. The lowest BCUT2D eigenvalue weighted by molar-refractivity contribution is 0.475. The average molecular weight is 246 g/mol. The van der Waals surface area contributed by atoms with Crippen LogP contribution in [0, 0.1) is 30.3 Å². The molecular formula is C17H26O. The summed E-state index contributed by atoms with van der Waals surface area (Å²) < 4.78 is 0.